The Morgan fingerprint density at radius 2 is 1.51 bits per heavy atom. The van der Waals surface area contributed by atoms with E-state index in [0.29, 0.717) is 18.1 Å². The van der Waals surface area contributed by atoms with Gasteiger partial charge in [0.1, 0.15) is 0 Å². The van der Waals surface area contributed by atoms with Crippen molar-refractivity contribution >= 4 is 22.8 Å². The summed E-state index contributed by atoms with van der Waals surface area (Å²) in [7, 11) is 0. The molecule has 3 aliphatic heterocycles. The number of rotatable bonds is 4. The summed E-state index contributed by atoms with van der Waals surface area (Å²) >= 11 is 0. The van der Waals surface area contributed by atoms with Gasteiger partial charge in [0.25, 0.3) is 0 Å². The van der Waals surface area contributed by atoms with E-state index < -0.39 is 0 Å². The number of hydrogen-bond donors (Lipinski definition) is 0. The van der Waals surface area contributed by atoms with Gasteiger partial charge in [-0.1, -0.05) is 37.8 Å². The highest BCUT2D eigenvalue weighted by atomic mass is 16.1. The molecule has 0 amide bonds. The van der Waals surface area contributed by atoms with Gasteiger partial charge < -0.3 is 9.47 Å². The summed E-state index contributed by atoms with van der Waals surface area (Å²) in [5.74, 6) is 3.34. The molecular weight excluding hydrogens is 432 g/mol. The zero-order chi connectivity index (χ0) is 23.5. The number of Topliss-reactive ketones (excluding diaryl/α,β-unsaturated/α-hetero) is 1. The van der Waals surface area contributed by atoms with Gasteiger partial charge in [-0.05, 0) is 88.7 Å². The molecule has 5 fully saturated rings. The number of para-hydroxylation sites is 2. The van der Waals surface area contributed by atoms with E-state index in [1.165, 1.54) is 76.1 Å². The van der Waals surface area contributed by atoms with Gasteiger partial charge in [0.15, 0.2) is 5.78 Å². The van der Waals surface area contributed by atoms with E-state index in [9.17, 15) is 4.79 Å². The highest BCUT2D eigenvalue weighted by Gasteiger charge is 2.46. The van der Waals surface area contributed by atoms with Crippen LogP contribution in [0.4, 0.5) is 5.95 Å². The van der Waals surface area contributed by atoms with E-state index in [2.05, 4.69) is 38.6 Å². The third-order valence-corrected chi connectivity index (χ3v) is 10.5. The van der Waals surface area contributed by atoms with Gasteiger partial charge in [-0.25, -0.2) is 4.98 Å². The van der Waals surface area contributed by atoms with Crippen LogP contribution in [0.15, 0.2) is 24.3 Å². The minimum atomic E-state index is -0.00759. The first kappa shape index (κ1) is 22.3. The van der Waals surface area contributed by atoms with Crippen molar-refractivity contribution in [3.8, 4) is 0 Å². The molecule has 1 aromatic heterocycles. The van der Waals surface area contributed by atoms with Crippen LogP contribution < -0.4 is 4.90 Å². The monoisotopic (exact) mass is 474 g/mol. The van der Waals surface area contributed by atoms with Crippen LogP contribution in [0.1, 0.15) is 96.4 Å². The smallest absolute Gasteiger partial charge is 0.207 e. The number of aromatic nitrogens is 2. The molecule has 0 spiro atoms. The number of piperidine rings is 2. The second kappa shape index (κ2) is 8.90. The average molecular weight is 475 g/mol. The van der Waals surface area contributed by atoms with Crippen LogP contribution in [-0.2, 0) is 4.79 Å². The first-order valence-electron chi connectivity index (χ1n) is 14.7. The molecule has 1 aromatic carbocycles. The molecule has 5 heteroatoms. The third kappa shape index (κ3) is 3.84. The van der Waals surface area contributed by atoms with Crippen LogP contribution in [0, 0.1) is 11.8 Å². The van der Waals surface area contributed by atoms with E-state index in [0.717, 1.165) is 48.7 Å². The Morgan fingerprint density at radius 3 is 2.26 bits per heavy atom. The number of ketones is 1. The summed E-state index contributed by atoms with van der Waals surface area (Å²) in [6.07, 6.45) is 17.5. The lowest BCUT2D eigenvalue weighted by Crippen LogP contribution is -2.58. The van der Waals surface area contributed by atoms with Crippen molar-refractivity contribution < 1.29 is 4.79 Å². The summed E-state index contributed by atoms with van der Waals surface area (Å²) in [6.45, 7) is 2.71. The lowest BCUT2D eigenvalue weighted by Gasteiger charge is -2.55. The van der Waals surface area contributed by atoms with Crippen molar-refractivity contribution in [3.63, 3.8) is 0 Å². The molecule has 4 heterocycles. The maximum Gasteiger partial charge on any atom is 0.207 e. The van der Waals surface area contributed by atoms with Crippen LogP contribution in [0.5, 0.6) is 0 Å². The van der Waals surface area contributed by atoms with Crippen molar-refractivity contribution in [3.05, 3.63) is 24.3 Å². The van der Waals surface area contributed by atoms with Crippen molar-refractivity contribution in [2.45, 2.75) is 121 Å². The molecule has 2 aromatic rings. The van der Waals surface area contributed by atoms with Crippen molar-refractivity contribution in [1.29, 1.82) is 0 Å². The lowest BCUT2D eigenvalue weighted by molar-refractivity contribution is -0.118. The fourth-order valence-electron chi connectivity index (χ4n) is 9.16. The molecule has 2 aliphatic carbocycles. The first-order chi connectivity index (χ1) is 17.2. The minimum absolute atomic E-state index is 0.00759. The first-order valence-corrected chi connectivity index (χ1v) is 14.7. The van der Waals surface area contributed by atoms with Crippen LogP contribution in [-0.4, -0.2) is 50.9 Å². The minimum Gasteiger partial charge on any atom is -0.332 e. The van der Waals surface area contributed by atoms with Crippen LogP contribution in [0.25, 0.3) is 11.0 Å². The Hall–Kier alpha value is -1.88. The maximum atomic E-state index is 12.5. The van der Waals surface area contributed by atoms with Gasteiger partial charge in [0, 0.05) is 30.7 Å². The molecule has 4 bridgehead atoms. The largest absolute Gasteiger partial charge is 0.332 e. The number of carbonyl (C=O) groups excluding carboxylic acids is 1. The molecule has 5 nitrogen and oxygen atoms in total. The highest BCUT2D eigenvalue weighted by Crippen LogP contribution is 2.48. The predicted octanol–water partition coefficient (Wildman–Crippen LogP) is 6.12. The number of carbonyl (C=O) groups is 1. The molecule has 2 saturated carbocycles. The highest BCUT2D eigenvalue weighted by molar-refractivity contribution is 5.86. The maximum absolute atomic E-state index is 12.5. The molecule has 7 atom stereocenters. The molecule has 3 saturated heterocycles. The zero-order valence-corrected chi connectivity index (χ0v) is 21.4. The van der Waals surface area contributed by atoms with Crippen molar-refractivity contribution in [1.82, 2.24) is 14.5 Å². The summed E-state index contributed by atoms with van der Waals surface area (Å²) < 4.78 is 2.58. The second-order valence-electron chi connectivity index (χ2n) is 12.6. The van der Waals surface area contributed by atoms with Crippen molar-refractivity contribution in [2.24, 2.45) is 11.8 Å². The summed E-state index contributed by atoms with van der Waals surface area (Å²) in [4.78, 5) is 23.1. The number of benzene rings is 1. The van der Waals surface area contributed by atoms with Crippen LogP contribution >= 0.6 is 0 Å². The molecule has 7 rings (SSSR count). The Balaban J connectivity index is 1.22. The van der Waals surface area contributed by atoms with Crippen LogP contribution in [0.3, 0.4) is 0 Å². The fraction of sp³-hybridized carbons (Fsp3) is 0.733. The van der Waals surface area contributed by atoms with E-state index in [1.807, 2.05) is 0 Å². The SMILES string of the molecule is CC(=O)[C@@H]1CCCN1c1nc2ccccc2n1C1C[C@H]2CCC[C@@H](C1)N2C1C[C@H]2CCC[C@@H](C1)C2. The zero-order valence-electron chi connectivity index (χ0n) is 21.4. The summed E-state index contributed by atoms with van der Waals surface area (Å²) in [6, 6.07) is 11.4. The van der Waals surface area contributed by atoms with E-state index >= 15 is 0 Å². The topological polar surface area (TPSA) is 41.4 Å². The molecule has 0 radical (unpaired) electrons. The average Bonchev–Trinajstić information content (AvgIpc) is 3.48. The van der Waals surface area contributed by atoms with Crippen LogP contribution in [0.2, 0.25) is 0 Å². The van der Waals surface area contributed by atoms with Gasteiger partial charge in [0.2, 0.25) is 5.95 Å². The Bertz CT molecular complexity index is 1070. The number of nitrogens with zero attached hydrogens (tertiary/aromatic N) is 4. The molecule has 5 aliphatic rings. The standard InChI is InChI=1S/C30H42N4O/c1-20(35)28-13-6-14-32(28)30-31-27-11-2-3-12-29(27)34(30)26-18-23-9-5-10-24(19-26)33(23)25-16-21-7-4-8-22(15-21)17-25/h2-3,11-12,21-26,28H,4-10,13-19H2,1H3/t21-,22+,23-,24+,25?,26?,28-/m0/s1. The quantitative estimate of drug-likeness (QED) is 0.535. The van der Waals surface area contributed by atoms with Gasteiger partial charge in [-0.2, -0.15) is 0 Å². The number of fused-ring (bicyclic) bond motifs is 5. The van der Waals surface area contributed by atoms with E-state index in [1.54, 1.807) is 6.92 Å². The Morgan fingerprint density at radius 1 is 0.800 bits per heavy atom. The molecule has 35 heavy (non-hydrogen) atoms. The van der Waals surface area contributed by atoms with Gasteiger partial charge >= 0.3 is 0 Å². The van der Waals surface area contributed by atoms with Gasteiger partial charge in [-0.3, -0.25) is 9.69 Å². The molecule has 2 unspecified atom stereocenters. The number of imidazole rings is 1. The molecular formula is C30H42N4O. The second-order valence-corrected chi connectivity index (χ2v) is 12.6. The fourth-order valence-corrected chi connectivity index (χ4v) is 9.16. The Kier molecular flexibility index (Phi) is 5.68. The van der Waals surface area contributed by atoms with E-state index in [4.69, 9.17) is 4.98 Å². The predicted molar refractivity (Wildman–Crippen MR) is 141 cm³/mol. The lowest BCUT2D eigenvalue weighted by atomic mass is 9.68. The van der Waals surface area contributed by atoms with Crippen molar-refractivity contribution in [2.75, 3.05) is 11.4 Å². The number of hydrogen-bond acceptors (Lipinski definition) is 4. The summed E-state index contributed by atoms with van der Waals surface area (Å²) in [5.41, 5.74) is 2.35. The third-order valence-electron chi connectivity index (χ3n) is 10.5. The van der Waals surface area contributed by atoms with Gasteiger partial charge in [0.05, 0.1) is 17.1 Å². The normalized spacial score (nSPS) is 37.6. The van der Waals surface area contributed by atoms with Gasteiger partial charge in [-0.15, -0.1) is 0 Å². The number of anilines is 1. The molecule has 188 valence electrons. The van der Waals surface area contributed by atoms with E-state index in [-0.39, 0.29) is 11.8 Å². The Labute approximate surface area is 210 Å². The molecule has 0 N–H and O–H groups in total. The summed E-state index contributed by atoms with van der Waals surface area (Å²) in [5, 5.41) is 0.